The van der Waals surface area contributed by atoms with Crippen LogP contribution in [0.3, 0.4) is 0 Å². The lowest BCUT2D eigenvalue weighted by Crippen LogP contribution is -2.41. The number of fused-ring (bicyclic) bond motifs is 2. The minimum atomic E-state index is -2.51. The summed E-state index contributed by atoms with van der Waals surface area (Å²) in [6.07, 6.45) is 3.91. The van der Waals surface area contributed by atoms with E-state index in [1.165, 1.54) is 11.7 Å². The van der Waals surface area contributed by atoms with Gasteiger partial charge in [0.05, 0.1) is 54.2 Å². The fraction of sp³-hybridized carbons (Fsp3) is 0.478. The molecule has 9 nitrogen and oxygen atoms in total. The normalized spacial score (nSPS) is 18.6. The predicted molar refractivity (Wildman–Crippen MR) is 138 cm³/mol. The number of aromatic amines is 1. The average Bonchev–Trinajstić information content (AvgIpc) is 3.39. The lowest BCUT2D eigenvalue weighted by atomic mass is 9.52. The molecule has 1 aliphatic rings. The number of pyridine rings is 1. The summed E-state index contributed by atoms with van der Waals surface area (Å²) in [4.78, 5) is 21.1. The molecule has 1 saturated carbocycles. The molecule has 0 unspecified atom stereocenters. The predicted octanol–water partition coefficient (Wildman–Crippen LogP) is 2.81. The summed E-state index contributed by atoms with van der Waals surface area (Å²) in [6, 6.07) is 1.92. The number of aromatic nitrogens is 6. The number of hydrogen-bond donors (Lipinski definition) is 2. The first-order valence-corrected chi connectivity index (χ1v) is 12.0. The molecule has 2 N–H and O–H groups in total. The second-order valence-corrected chi connectivity index (χ2v) is 9.30. The second-order valence-electron chi connectivity index (χ2n) is 9.30. The highest BCUT2D eigenvalue weighted by Crippen LogP contribution is 2.35. The Kier molecular flexibility index (Phi) is 6.87. The van der Waals surface area contributed by atoms with Crippen LogP contribution in [0.15, 0.2) is 18.5 Å². The molecule has 4 aromatic heterocycles. The van der Waals surface area contributed by atoms with Gasteiger partial charge in [-0.1, -0.05) is 0 Å². The van der Waals surface area contributed by atoms with Crippen LogP contribution in [0.25, 0.3) is 33.3 Å². The van der Waals surface area contributed by atoms with Crippen LogP contribution >= 0.6 is 0 Å². The highest BCUT2D eigenvalue weighted by atomic mass is 19.3. The van der Waals surface area contributed by atoms with Gasteiger partial charge >= 0.3 is 0 Å². The van der Waals surface area contributed by atoms with E-state index >= 15 is 0 Å². The number of nitrogens with zero attached hydrogens (tertiary/aromatic N) is 5. The van der Waals surface area contributed by atoms with Gasteiger partial charge in [0.15, 0.2) is 5.65 Å². The van der Waals surface area contributed by atoms with E-state index in [0.717, 1.165) is 31.2 Å². The Morgan fingerprint density at radius 1 is 1.19 bits per heavy atom. The zero-order valence-electron chi connectivity index (χ0n) is 20.5. The van der Waals surface area contributed by atoms with Crippen molar-refractivity contribution >= 4 is 51.7 Å². The number of halogens is 2. The van der Waals surface area contributed by atoms with Crippen LogP contribution in [-0.4, -0.2) is 84.0 Å². The van der Waals surface area contributed by atoms with Crippen molar-refractivity contribution in [2.24, 2.45) is 0 Å². The number of alkyl halides is 2. The summed E-state index contributed by atoms with van der Waals surface area (Å²) in [5, 5.41) is 2.39. The van der Waals surface area contributed by atoms with Crippen molar-refractivity contribution < 1.29 is 18.3 Å². The van der Waals surface area contributed by atoms with Gasteiger partial charge in [0.25, 0.3) is 6.43 Å². The molecule has 0 atom stereocenters. The zero-order chi connectivity index (χ0) is 26.3. The van der Waals surface area contributed by atoms with E-state index in [0.29, 0.717) is 45.4 Å². The van der Waals surface area contributed by atoms with Crippen molar-refractivity contribution in [1.82, 2.24) is 29.5 Å². The number of imidazole rings is 1. The Hall–Kier alpha value is -3.15. The molecule has 4 heterocycles. The van der Waals surface area contributed by atoms with Crippen LogP contribution in [0.1, 0.15) is 31.5 Å². The molecule has 1 fully saturated rings. The van der Waals surface area contributed by atoms with Gasteiger partial charge in [-0.05, 0) is 44.0 Å². The molecule has 14 heteroatoms. The lowest BCUT2D eigenvalue weighted by molar-refractivity contribution is 0.0202. The maximum atomic E-state index is 13.1. The molecule has 0 bridgehead atoms. The molecule has 186 valence electrons. The molecule has 5 rings (SSSR count). The second kappa shape index (κ2) is 9.96. The van der Waals surface area contributed by atoms with Gasteiger partial charge in [0.1, 0.15) is 11.5 Å². The van der Waals surface area contributed by atoms with Gasteiger partial charge in [0.2, 0.25) is 11.8 Å². The maximum absolute atomic E-state index is 13.1. The molecule has 0 amide bonds. The monoisotopic (exact) mass is 501 g/mol. The molecule has 0 spiro atoms. The Morgan fingerprint density at radius 2 is 1.95 bits per heavy atom. The Bertz CT molecular complexity index is 1420. The number of H-pyrrole nitrogens is 1. The van der Waals surface area contributed by atoms with E-state index in [1.807, 2.05) is 0 Å². The van der Waals surface area contributed by atoms with Crippen molar-refractivity contribution in [3.63, 3.8) is 0 Å². The summed E-state index contributed by atoms with van der Waals surface area (Å²) in [6.45, 7) is 1.23. The highest BCUT2D eigenvalue weighted by Gasteiger charge is 2.26. The molecule has 1 aliphatic carbocycles. The van der Waals surface area contributed by atoms with Gasteiger partial charge in [-0.2, -0.15) is 9.97 Å². The van der Waals surface area contributed by atoms with Gasteiger partial charge in [0, 0.05) is 29.6 Å². The minimum absolute atomic E-state index is 0.103. The van der Waals surface area contributed by atoms with Crippen molar-refractivity contribution in [3.8, 4) is 17.0 Å². The molecular weight excluding hydrogens is 477 g/mol. The molecule has 0 aromatic carbocycles. The third kappa shape index (κ3) is 5.44. The largest absolute Gasteiger partial charge is 0.480 e. The molecule has 4 aromatic rings. The number of anilines is 1. The van der Waals surface area contributed by atoms with Gasteiger partial charge < -0.3 is 24.3 Å². The van der Waals surface area contributed by atoms with E-state index in [2.05, 4.69) is 30.2 Å². The number of aryl methyl sites for hydroxylation is 1. The number of ether oxygens (including phenoxy) is 2. The summed E-state index contributed by atoms with van der Waals surface area (Å²) >= 11 is 0. The molecule has 6 radical (unpaired) electrons. The van der Waals surface area contributed by atoms with Crippen LogP contribution in [0, 0.1) is 6.92 Å². The summed E-state index contributed by atoms with van der Waals surface area (Å²) in [5.41, 5.74) is 2.94. The highest BCUT2D eigenvalue weighted by molar-refractivity contribution is 6.58. The van der Waals surface area contributed by atoms with Gasteiger partial charge in [-0.25, -0.2) is 18.7 Å². The Balaban J connectivity index is 1.41. The van der Waals surface area contributed by atoms with Crippen molar-refractivity contribution in [2.45, 2.75) is 63.0 Å². The summed E-state index contributed by atoms with van der Waals surface area (Å²) in [7, 11) is 18.2. The van der Waals surface area contributed by atoms with Crippen molar-refractivity contribution in [2.75, 3.05) is 12.4 Å². The van der Waals surface area contributed by atoms with Gasteiger partial charge in [-0.15, -0.1) is 0 Å². The third-order valence-corrected chi connectivity index (χ3v) is 6.50. The van der Waals surface area contributed by atoms with E-state index in [9.17, 15) is 8.78 Å². The minimum Gasteiger partial charge on any atom is -0.480 e. The van der Waals surface area contributed by atoms with Crippen LogP contribution in [0.4, 0.5) is 14.7 Å². The average molecular weight is 501 g/mol. The first-order valence-electron chi connectivity index (χ1n) is 12.0. The molecule has 0 aliphatic heterocycles. The molecule has 0 saturated heterocycles. The maximum Gasteiger partial charge on any atom is 0.256 e. The summed E-state index contributed by atoms with van der Waals surface area (Å²) in [5.74, 6) is 1.27. The van der Waals surface area contributed by atoms with E-state index in [-0.39, 0.29) is 12.1 Å². The third-order valence-electron chi connectivity index (χ3n) is 6.50. The Morgan fingerprint density at radius 3 is 2.62 bits per heavy atom. The van der Waals surface area contributed by atoms with Crippen molar-refractivity contribution in [3.05, 3.63) is 24.3 Å². The zero-order valence-corrected chi connectivity index (χ0v) is 20.5. The van der Waals surface area contributed by atoms with E-state index < -0.39 is 18.3 Å². The Labute approximate surface area is 216 Å². The van der Waals surface area contributed by atoms with E-state index in [1.54, 1.807) is 25.4 Å². The number of rotatable bonds is 8. The summed E-state index contributed by atoms with van der Waals surface area (Å²) < 4.78 is 38.8. The molecular formula is C23H24B3F2N7O2. The van der Waals surface area contributed by atoms with E-state index in [4.69, 9.17) is 33.0 Å². The topological polar surface area (TPSA) is 103 Å². The lowest BCUT2D eigenvalue weighted by Gasteiger charge is -2.34. The van der Waals surface area contributed by atoms with Crippen LogP contribution in [0.2, 0.25) is 0 Å². The fourth-order valence-electron chi connectivity index (χ4n) is 4.87. The first kappa shape index (κ1) is 25.5. The number of methoxy groups -OCH3 is 1. The van der Waals surface area contributed by atoms with Crippen LogP contribution < -0.4 is 10.1 Å². The quantitative estimate of drug-likeness (QED) is 0.359. The van der Waals surface area contributed by atoms with Crippen LogP contribution in [-0.2, 0) is 11.3 Å². The number of nitrogens with one attached hydrogen (secondary N) is 2. The SMILES string of the molecule is [B]C([B])([B])OC1CCC(Nc2nc(OC)c3c(-c4cnc5nc(C)n(CC(F)F)c5c4)c[nH]c3n2)CC1. The van der Waals surface area contributed by atoms with Gasteiger partial charge in [-0.3, -0.25) is 0 Å². The van der Waals surface area contributed by atoms with Crippen LogP contribution in [0.5, 0.6) is 5.88 Å². The molecule has 37 heavy (non-hydrogen) atoms. The fourth-order valence-corrected chi connectivity index (χ4v) is 4.87. The smallest absolute Gasteiger partial charge is 0.256 e. The standard InChI is InChI=1S/C23H24B3F2N7O2/c1-11-31-19-16(35(11)10-17(27)28)7-12(8-29-19)15-9-30-20-18(15)21(36-2)34-22(33-20)32-13-3-5-14(6-4-13)37-23(24,25)26/h7-9,13-14,17H,3-6,10H2,1-2H3,(H2,30,32,33,34). The first-order chi connectivity index (χ1) is 17.6. The van der Waals surface area contributed by atoms with Crippen molar-refractivity contribution in [1.29, 1.82) is 0 Å². The number of hydrogen-bond acceptors (Lipinski definition) is 7.